The molecule has 2 aliphatic rings. The number of ether oxygens (including phenoxy) is 1. The number of hydrogen-bond acceptors (Lipinski definition) is 1. The quantitative estimate of drug-likeness (QED) is 0.417. The molecule has 3 heteroatoms. The van der Waals surface area contributed by atoms with Gasteiger partial charge in [-0.15, -0.1) is 0 Å². The monoisotopic (exact) mass is 412 g/mol. The van der Waals surface area contributed by atoms with E-state index >= 15 is 4.39 Å². The van der Waals surface area contributed by atoms with Crippen LogP contribution >= 0.6 is 0 Å². The highest BCUT2D eigenvalue weighted by Gasteiger charge is 2.36. The fourth-order valence-electron chi connectivity index (χ4n) is 5.94. The largest absolute Gasteiger partial charge is 0.489 e. The van der Waals surface area contributed by atoms with Crippen LogP contribution in [0.3, 0.4) is 0 Å². The van der Waals surface area contributed by atoms with Gasteiger partial charge in [-0.1, -0.05) is 57.4 Å². The summed E-state index contributed by atoms with van der Waals surface area (Å²) in [6.07, 6.45) is 12.8. The number of unbranched alkanes of at least 4 members (excludes halogenated alkanes) is 1. The van der Waals surface area contributed by atoms with Crippen molar-refractivity contribution in [2.24, 2.45) is 17.8 Å². The molecule has 0 aromatic heterocycles. The predicted molar refractivity (Wildman–Crippen MR) is 120 cm³/mol. The molecule has 2 fully saturated rings. The van der Waals surface area contributed by atoms with Crippen LogP contribution in [-0.4, -0.2) is 6.61 Å². The van der Waals surface area contributed by atoms with Gasteiger partial charge in [-0.3, -0.25) is 0 Å². The summed E-state index contributed by atoms with van der Waals surface area (Å²) in [6, 6.07) is 6.73. The highest BCUT2D eigenvalue weighted by molar-refractivity contribution is 5.86. The van der Waals surface area contributed by atoms with Gasteiger partial charge in [0.25, 0.3) is 0 Å². The smallest absolute Gasteiger partial charge is 0.137 e. The van der Waals surface area contributed by atoms with Gasteiger partial charge < -0.3 is 4.74 Å². The molecule has 4 rings (SSSR count). The Morgan fingerprint density at radius 3 is 2.67 bits per heavy atom. The van der Waals surface area contributed by atoms with Crippen LogP contribution in [0, 0.1) is 29.4 Å². The van der Waals surface area contributed by atoms with E-state index in [2.05, 4.69) is 13.5 Å². The average molecular weight is 413 g/mol. The van der Waals surface area contributed by atoms with E-state index in [1.807, 2.05) is 12.1 Å². The normalized spacial score (nSPS) is 26.4. The van der Waals surface area contributed by atoms with Crippen LogP contribution in [0.4, 0.5) is 8.78 Å². The minimum atomic E-state index is -0.545. The van der Waals surface area contributed by atoms with E-state index in [0.29, 0.717) is 29.2 Å². The van der Waals surface area contributed by atoms with Crippen molar-refractivity contribution in [3.05, 3.63) is 54.1 Å². The molecule has 0 radical (unpaired) electrons. The molecular formula is C27H34F2O. The second-order valence-corrected chi connectivity index (χ2v) is 9.42. The lowest BCUT2D eigenvalue weighted by Gasteiger charge is -2.42. The molecule has 0 amide bonds. The maximum atomic E-state index is 15.4. The minimum Gasteiger partial charge on any atom is -0.489 e. The van der Waals surface area contributed by atoms with Crippen molar-refractivity contribution < 1.29 is 13.5 Å². The van der Waals surface area contributed by atoms with E-state index in [-0.39, 0.29) is 17.1 Å². The summed E-state index contributed by atoms with van der Waals surface area (Å²) in [5.74, 6) is 2.10. The van der Waals surface area contributed by atoms with Gasteiger partial charge in [0, 0.05) is 6.07 Å². The van der Waals surface area contributed by atoms with Crippen molar-refractivity contribution >= 4 is 10.8 Å². The van der Waals surface area contributed by atoms with Crippen LogP contribution < -0.4 is 4.74 Å². The molecule has 0 spiro atoms. The second-order valence-electron chi connectivity index (χ2n) is 9.42. The number of hydrogen-bond donors (Lipinski definition) is 0. The van der Waals surface area contributed by atoms with E-state index in [1.165, 1.54) is 51.0 Å². The van der Waals surface area contributed by atoms with E-state index in [0.717, 1.165) is 24.7 Å². The van der Waals surface area contributed by atoms with Crippen LogP contribution in [-0.2, 0) is 0 Å². The maximum Gasteiger partial charge on any atom is 0.137 e. The number of fused-ring (bicyclic) bond motifs is 2. The lowest BCUT2D eigenvalue weighted by Crippen LogP contribution is -2.30. The fraction of sp³-hybridized carbons (Fsp3) is 0.556. The van der Waals surface area contributed by atoms with Gasteiger partial charge in [0.05, 0.1) is 5.39 Å². The molecule has 0 saturated heterocycles. The van der Waals surface area contributed by atoms with Crippen molar-refractivity contribution in [1.29, 1.82) is 0 Å². The molecule has 2 saturated carbocycles. The van der Waals surface area contributed by atoms with E-state index in [9.17, 15) is 4.39 Å². The zero-order valence-electron chi connectivity index (χ0n) is 18.1. The minimum absolute atomic E-state index is 0.101. The molecule has 1 nitrogen and oxygen atoms in total. The van der Waals surface area contributed by atoms with Crippen molar-refractivity contribution in [2.45, 2.75) is 70.6 Å². The van der Waals surface area contributed by atoms with Crippen molar-refractivity contribution in [1.82, 2.24) is 0 Å². The molecule has 0 aliphatic heterocycles. The molecule has 4 atom stereocenters. The first kappa shape index (κ1) is 21.3. The fourth-order valence-corrected chi connectivity index (χ4v) is 5.94. The summed E-state index contributed by atoms with van der Waals surface area (Å²) in [7, 11) is 0. The van der Waals surface area contributed by atoms with Gasteiger partial charge >= 0.3 is 0 Å². The first-order chi connectivity index (χ1) is 14.6. The standard InChI is InChI=1S/C27H34F2O/c1-3-5-6-18-7-8-20-15-21(10-9-19(20)14-18)24-12-11-22-16-23(30-13-4-2)17-25(28)26(22)27(24)29/h4,11-12,16-21H,2-3,5-10,13-15H2,1H3. The van der Waals surface area contributed by atoms with Crippen molar-refractivity contribution in [3.63, 3.8) is 0 Å². The number of halogens is 2. The van der Waals surface area contributed by atoms with Crippen LogP contribution in [0.2, 0.25) is 0 Å². The summed E-state index contributed by atoms with van der Waals surface area (Å²) >= 11 is 0. The summed E-state index contributed by atoms with van der Waals surface area (Å²) in [5, 5.41) is 0.657. The Hall–Kier alpha value is -1.90. The number of rotatable bonds is 7. The first-order valence-electron chi connectivity index (χ1n) is 11.8. The molecule has 0 heterocycles. The van der Waals surface area contributed by atoms with E-state index in [1.54, 1.807) is 12.1 Å². The van der Waals surface area contributed by atoms with Gasteiger partial charge in [-0.2, -0.15) is 0 Å². The highest BCUT2D eigenvalue weighted by atomic mass is 19.1. The lowest BCUT2D eigenvalue weighted by atomic mass is 9.63. The molecule has 2 aliphatic carbocycles. The molecule has 2 aromatic rings. The molecule has 0 bridgehead atoms. The Kier molecular flexibility index (Phi) is 6.75. The maximum absolute atomic E-state index is 15.4. The van der Waals surface area contributed by atoms with Gasteiger partial charge in [0.15, 0.2) is 0 Å². The first-order valence-corrected chi connectivity index (χ1v) is 11.8. The Bertz CT molecular complexity index is 890. The van der Waals surface area contributed by atoms with Crippen molar-refractivity contribution in [3.8, 4) is 5.75 Å². The second kappa shape index (κ2) is 9.49. The topological polar surface area (TPSA) is 9.23 Å². The summed E-state index contributed by atoms with van der Waals surface area (Å²) in [4.78, 5) is 0. The Labute approximate surface area is 179 Å². The Balaban J connectivity index is 1.51. The Morgan fingerprint density at radius 1 is 1.07 bits per heavy atom. The molecule has 2 aromatic carbocycles. The third-order valence-electron chi connectivity index (χ3n) is 7.50. The molecule has 162 valence electrons. The molecule has 4 unspecified atom stereocenters. The van der Waals surface area contributed by atoms with Crippen molar-refractivity contribution in [2.75, 3.05) is 6.61 Å². The van der Waals surface area contributed by atoms with Gasteiger partial charge in [0.1, 0.15) is 24.0 Å². The van der Waals surface area contributed by atoms with Crippen LogP contribution in [0.5, 0.6) is 5.75 Å². The average Bonchev–Trinajstić information content (AvgIpc) is 2.75. The van der Waals surface area contributed by atoms with Gasteiger partial charge in [-0.25, -0.2) is 8.78 Å². The summed E-state index contributed by atoms with van der Waals surface area (Å²) < 4.78 is 35.6. The Morgan fingerprint density at radius 2 is 1.87 bits per heavy atom. The summed E-state index contributed by atoms with van der Waals surface area (Å²) in [5.41, 5.74) is 0.702. The molecule has 30 heavy (non-hydrogen) atoms. The molecular weight excluding hydrogens is 378 g/mol. The van der Waals surface area contributed by atoms with E-state index in [4.69, 9.17) is 4.74 Å². The third kappa shape index (κ3) is 4.40. The van der Waals surface area contributed by atoms with Crippen LogP contribution in [0.25, 0.3) is 10.8 Å². The predicted octanol–water partition coefficient (Wildman–Crippen LogP) is 8.17. The molecule has 0 N–H and O–H groups in total. The van der Waals surface area contributed by atoms with Crippen LogP contribution in [0.1, 0.15) is 76.2 Å². The lowest BCUT2D eigenvalue weighted by molar-refractivity contribution is 0.113. The van der Waals surface area contributed by atoms with E-state index < -0.39 is 5.82 Å². The highest BCUT2D eigenvalue weighted by Crippen LogP contribution is 2.49. The zero-order chi connectivity index (χ0) is 21.1. The van der Waals surface area contributed by atoms with Gasteiger partial charge in [-0.05, 0) is 72.8 Å². The summed E-state index contributed by atoms with van der Waals surface area (Å²) in [6.45, 7) is 6.18. The SMILES string of the molecule is C=CCOc1cc(F)c2c(F)c(C3CCC4CC(CCCC)CCC4C3)ccc2c1. The van der Waals surface area contributed by atoms with Crippen LogP contribution in [0.15, 0.2) is 36.9 Å². The number of benzene rings is 2. The third-order valence-corrected chi connectivity index (χ3v) is 7.50. The zero-order valence-corrected chi connectivity index (χ0v) is 18.1. The van der Waals surface area contributed by atoms with Gasteiger partial charge in [0.2, 0.25) is 0 Å².